The Morgan fingerprint density at radius 1 is 1.57 bits per heavy atom. The van der Waals surface area contributed by atoms with Crippen molar-refractivity contribution in [2.24, 2.45) is 0 Å². The number of rotatable bonds is 3. The largest absolute Gasteiger partial charge is 0.147 e. The van der Waals surface area contributed by atoms with E-state index in [1.54, 1.807) is 20.8 Å². The second-order valence-electron chi connectivity index (χ2n) is 1.20. The first-order valence-corrected chi connectivity index (χ1v) is 2.84. The molecular formula is C4H10ClOTi. The average Bonchev–Trinajstić information content (AvgIpc) is 1.61. The molecule has 0 aromatic rings. The van der Waals surface area contributed by atoms with Gasteiger partial charge in [0.1, 0.15) is 0 Å². The van der Waals surface area contributed by atoms with Crippen LogP contribution in [0.15, 0.2) is 0 Å². The maximum absolute atomic E-state index is 4.78. The molecule has 7 heavy (non-hydrogen) atoms. The molecule has 0 amide bonds. The Labute approximate surface area is 63.1 Å². The normalized spacial score (nSPS) is 7.43. The molecular weight excluding hydrogens is 147 g/mol. The quantitative estimate of drug-likeness (QED) is 0.447. The van der Waals surface area contributed by atoms with Crippen molar-refractivity contribution in [3.05, 3.63) is 0 Å². The summed E-state index contributed by atoms with van der Waals surface area (Å²) in [4.78, 5) is 0. The van der Waals surface area contributed by atoms with Crippen LogP contribution in [0.1, 0.15) is 19.8 Å². The topological polar surface area (TPSA) is 9.23 Å². The van der Waals surface area contributed by atoms with E-state index in [1.807, 2.05) is 0 Å². The molecule has 0 bridgehead atoms. The second kappa shape index (κ2) is 10.1. The maximum Gasteiger partial charge on any atom is -0.147 e. The van der Waals surface area contributed by atoms with Crippen molar-refractivity contribution >= 4 is 12.4 Å². The van der Waals surface area contributed by atoms with Crippen molar-refractivity contribution in [1.82, 2.24) is 0 Å². The van der Waals surface area contributed by atoms with E-state index in [2.05, 4.69) is 6.92 Å². The van der Waals surface area contributed by atoms with E-state index in [4.69, 9.17) is 3.32 Å². The third kappa shape index (κ3) is 10.9. The van der Waals surface area contributed by atoms with Crippen LogP contribution in [0.5, 0.6) is 0 Å². The fourth-order valence-corrected chi connectivity index (χ4v) is 0.442. The molecule has 0 aromatic heterocycles. The molecule has 0 aliphatic heterocycles. The van der Waals surface area contributed by atoms with Crippen molar-refractivity contribution in [3.63, 3.8) is 0 Å². The van der Waals surface area contributed by atoms with Crippen molar-refractivity contribution < 1.29 is 24.1 Å². The van der Waals surface area contributed by atoms with Gasteiger partial charge in [-0.05, 0) is 0 Å². The van der Waals surface area contributed by atoms with E-state index in [1.165, 1.54) is 12.8 Å². The van der Waals surface area contributed by atoms with E-state index in [9.17, 15) is 0 Å². The molecule has 0 aliphatic carbocycles. The summed E-state index contributed by atoms with van der Waals surface area (Å²) in [7, 11) is 0. The molecule has 0 rings (SSSR count). The molecule has 43 valence electrons. The molecule has 1 nitrogen and oxygen atoms in total. The predicted molar refractivity (Wildman–Crippen MR) is 28.1 cm³/mol. The van der Waals surface area contributed by atoms with Crippen LogP contribution >= 0.6 is 12.4 Å². The van der Waals surface area contributed by atoms with Gasteiger partial charge in [0.05, 0.1) is 0 Å². The van der Waals surface area contributed by atoms with Gasteiger partial charge in [-0.25, -0.2) is 0 Å². The zero-order chi connectivity index (χ0) is 4.83. The van der Waals surface area contributed by atoms with Crippen molar-refractivity contribution in [2.45, 2.75) is 19.8 Å². The summed E-state index contributed by atoms with van der Waals surface area (Å²) in [5, 5.41) is 0. The summed E-state index contributed by atoms with van der Waals surface area (Å²) in [6.45, 7) is 3.07. The van der Waals surface area contributed by atoms with Gasteiger partial charge < -0.3 is 0 Å². The molecule has 3 heteroatoms. The van der Waals surface area contributed by atoms with Gasteiger partial charge in [0.25, 0.3) is 0 Å². The summed E-state index contributed by atoms with van der Waals surface area (Å²) in [6, 6.07) is 0. The Hall–Kier alpha value is 0.964. The zero-order valence-electron chi connectivity index (χ0n) is 4.44. The van der Waals surface area contributed by atoms with Crippen LogP contribution in [0.4, 0.5) is 0 Å². The number of hydrogen-bond acceptors (Lipinski definition) is 1. The van der Waals surface area contributed by atoms with Gasteiger partial charge in [-0.15, -0.1) is 12.4 Å². The molecule has 0 N–H and O–H groups in total. The summed E-state index contributed by atoms with van der Waals surface area (Å²) in [6.07, 6.45) is 2.42. The Morgan fingerprint density at radius 3 is 2.29 bits per heavy atom. The van der Waals surface area contributed by atoms with Crippen molar-refractivity contribution in [1.29, 1.82) is 0 Å². The summed E-state index contributed by atoms with van der Waals surface area (Å²) in [5.41, 5.74) is 0. The van der Waals surface area contributed by atoms with Crippen LogP contribution in [0.3, 0.4) is 0 Å². The van der Waals surface area contributed by atoms with E-state index in [0.717, 1.165) is 6.61 Å². The summed E-state index contributed by atoms with van der Waals surface area (Å²) in [5.74, 6) is 0. The molecule has 0 aliphatic rings. The van der Waals surface area contributed by atoms with Crippen LogP contribution in [0, 0.1) is 0 Å². The molecule has 0 saturated carbocycles. The molecule has 0 unspecified atom stereocenters. The van der Waals surface area contributed by atoms with E-state index < -0.39 is 0 Å². The van der Waals surface area contributed by atoms with Gasteiger partial charge in [0.15, 0.2) is 0 Å². The number of hydrogen-bond donors (Lipinski definition) is 0. The standard InChI is InChI=1S/C4H9O.ClH.Ti/c1-2-3-4-5;;/h2-4H2,1H3;1H;/q-1;;+1. The number of halogens is 1. The van der Waals surface area contributed by atoms with Crippen molar-refractivity contribution in [2.75, 3.05) is 6.61 Å². The minimum absolute atomic E-state index is 0. The molecule has 0 atom stereocenters. The Bertz CT molecular complexity index is 23.7. The van der Waals surface area contributed by atoms with Crippen LogP contribution in [-0.4, -0.2) is 6.61 Å². The van der Waals surface area contributed by atoms with E-state index in [0.29, 0.717) is 0 Å². The Kier molecular flexibility index (Phi) is 15.6. The van der Waals surface area contributed by atoms with Gasteiger partial charge >= 0.3 is 50.5 Å². The van der Waals surface area contributed by atoms with E-state index in [-0.39, 0.29) is 12.4 Å². The van der Waals surface area contributed by atoms with Gasteiger partial charge in [0.2, 0.25) is 0 Å². The van der Waals surface area contributed by atoms with Gasteiger partial charge in [-0.1, -0.05) is 0 Å². The van der Waals surface area contributed by atoms with Crippen LogP contribution in [0.25, 0.3) is 0 Å². The van der Waals surface area contributed by atoms with Crippen LogP contribution in [-0.2, 0) is 24.1 Å². The second-order valence-corrected chi connectivity index (χ2v) is 1.65. The molecule has 0 saturated heterocycles. The molecule has 0 spiro atoms. The molecule has 0 aromatic carbocycles. The van der Waals surface area contributed by atoms with Crippen LogP contribution in [0.2, 0.25) is 0 Å². The minimum atomic E-state index is 0. The van der Waals surface area contributed by atoms with Crippen molar-refractivity contribution in [3.8, 4) is 0 Å². The first-order chi connectivity index (χ1) is 2.91. The third-order valence-electron chi connectivity index (χ3n) is 0.600. The van der Waals surface area contributed by atoms with Gasteiger partial charge in [-0.3, -0.25) is 0 Å². The summed E-state index contributed by atoms with van der Waals surface area (Å²) >= 11 is 1.73. The fourth-order valence-electron chi connectivity index (χ4n) is 0.217. The first-order valence-electron chi connectivity index (χ1n) is 2.20. The minimum Gasteiger partial charge on any atom is -0.147 e. The monoisotopic (exact) mass is 157 g/mol. The summed E-state index contributed by atoms with van der Waals surface area (Å²) < 4.78 is 4.78. The fraction of sp³-hybridized carbons (Fsp3) is 1.00. The smallest absolute Gasteiger partial charge is 0.147 e. The molecule has 0 fully saturated rings. The molecule has 0 radical (unpaired) electrons. The predicted octanol–water partition coefficient (Wildman–Crippen LogP) is 1.69. The third-order valence-corrected chi connectivity index (χ3v) is 0.919. The first kappa shape index (κ1) is 10.9. The zero-order valence-corrected chi connectivity index (χ0v) is 6.82. The average molecular weight is 157 g/mol. The van der Waals surface area contributed by atoms with Gasteiger partial charge in [0, 0.05) is 0 Å². The van der Waals surface area contributed by atoms with E-state index >= 15 is 0 Å². The van der Waals surface area contributed by atoms with Gasteiger partial charge in [-0.2, -0.15) is 0 Å². The SMILES string of the molecule is CCCC[O][Ti].Cl. The Morgan fingerprint density at radius 2 is 2.14 bits per heavy atom. The molecule has 0 heterocycles. The Balaban J connectivity index is 0. The van der Waals surface area contributed by atoms with Crippen LogP contribution < -0.4 is 0 Å². The maximum atomic E-state index is 4.78. The number of unbranched alkanes of at least 4 members (excludes halogenated alkanes) is 1.